The lowest BCUT2D eigenvalue weighted by Crippen LogP contribution is -2.01. The van der Waals surface area contributed by atoms with Crippen molar-refractivity contribution in [3.8, 4) is 6.01 Å². The summed E-state index contributed by atoms with van der Waals surface area (Å²) in [6.07, 6.45) is 1.48. The van der Waals surface area contributed by atoms with E-state index in [1.54, 1.807) is 24.3 Å². The number of nitrogens with two attached hydrogens (primary N) is 1. The number of hydrogen-bond acceptors (Lipinski definition) is 7. The highest BCUT2D eigenvalue weighted by Gasteiger charge is 2.14. The van der Waals surface area contributed by atoms with Gasteiger partial charge in [-0.2, -0.15) is 4.98 Å². The Kier molecular flexibility index (Phi) is 3.51. The highest BCUT2D eigenvalue weighted by atomic mass is 16.4. The van der Waals surface area contributed by atoms with Gasteiger partial charge < -0.3 is 21.3 Å². The molecule has 0 unspecified atom stereocenters. The van der Waals surface area contributed by atoms with Gasteiger partial charge in [0.05, 0.1) is 11.1 Å². The maximum atomic E-state index is 11.3. The summed E-state index contributed by atoms with van der Waals surface area (Å²) in [5.41, 5.74) is 8.07. The topological polar surface area (TPSA) is 134 Å². The molecular weight excluding hydrogens is 334 g/mol. The van der Waals surface area contributed by atoms with Crippen LogP contribution in [0.5, 0.6) is 6.01 Å². The van der Waals surface area contributed by atoms with Gasteiger partial charge >= 0.3 is 12.0 Å². The smallest absolute Gasteiger partial charge is 0.335 e. The summed E-state index contributed by atoms with van der Waals surface area (Å²) >= 11 is 0. The van der Waals surface area contributed by atoms with Crippen LogP contribution in [0.3, 0.4) is 0 Å². The fraction of sp³-hybridized carbons (Fsp3) is 0. The van der Waals surface area contributed by atoms with Gasteiger partial charge in [0.15, 0.2) is 5.82 Å². The Bertz CT molecular complexity index is 1180. The monoisotopic (exact) mass is 347 g/mol. The maximum absolute atomic E-state index is 11.3. The van der Waals surface area contributed by atoms with E-state index in [9.17, 15) is 15.0 Å². The summed E-state index contributed by atoms with van der Waals surface area (Å²) in [5, 5.41) is 23.3. The minimum absolute atomic E-state index is 0.124. The summed E-state index contributed by atoms with van der Waals surface area (Å²) in [6, 6.07) is 11.3. The Morgan fingerprint density at radius 1 is 1.08 bits per heavy atom. The summed E-state index contributed by atoms with van der Waals surface area (Å²) in [4.78, 5) is 23.7. The van der Waals surface area contributed by atoms with Crippen molar-refractivity contribution in [1.82, 2.24) is 15.0 Å². The Morgan fingerprint density at radius 2 is 1.92 bits per heavy atom. The standard InChI is InChI=1S/C18H13N5O3/c19-10-2-1-3-11(7-10)21-16-15-13(8-20-18(26)23-15)12-5-4-9(17(24)25)6-14(12)22-16/h1-8H,19H2,(H,21,22)(H,24,25)(H,20,23,26). The number of aromatic hydroxyl groups is 1. The highest BCUT2D eigenvalue weighted by molar-refractivity contribution is 6.09. The molecule has 0 radical (unpaired) electrons. The Hall–Kier alpha value is -3.94. The van der Waals surface area contributed by atoms with E-state index in [0.717, 1.165) is 0 Å². The van der Waals surface area contributed by atoms with Crippen molar-refractivity contribution in [2.24, 2.45) is 0 Å². The first-order valence-corrected chi connectivity index (χ1v) is 7.66. The number of nitrogens with zero attached hydrogens (tertiary/aromatic N) is 3. The molecule has 2 heterocycles. The summed E-state index contributed by atoms with van der Waals surface area (Å²) in [7, 11) is 0. The van der Waals surface area contributed by atoms with Crippen LogP contribution in [0.4, 0.5) is 17.2 Å². The van der Waals surface area contributed by atoms with Gasteiger partial charge in [0, 0.05) is 28.3 Å². The zero-order chi connectivity index (χ0) is 18.3. The van der Waals surface area contributed by atoms with E-state index in [0.29, 0.717) is 39.0 Å². The van der Waals surface area contributed by atoms with Gasteiger partial charge in [-0.25, -0.2) is 14.8 Å². The molecule has 4 aromatic rings. The number of hydrogen-bond donors (Lipinski definition) is 4. The molecule has 0 fully saturated rings. The number of aromatic carboxylic acids is 1. The van der Waals surface area contributed by atoms with E-state index in [2.05, 4.69) is 20.3 Å². The van der Waals surface area contributed by atoms with Gasteiger partial charge in [0.2, 0.25) is 0 Å². The first-order chi connectivity index (χ1) is 12.5. The average molecular weight is 347 g/mol. The molecular formula is C18H13N5O3. The molecule has 0 amide bonds. The number of carbonyl (C=O) groups is 1. The molecule has 0 aliphatic carbocycles. The van der Waals surface area contributed by atoms with Crippen LogP contribution < -0.4 is 11.1 Å². The van der Waals surface area contributed by atoms with Crippen LogP contribution in [0.15, 0.2) is 48.7 Å². The van der Waals surface area contributed by atoms with Gasteiger partial charge in [-0.1, -0.05) is 12.1 Å². The van der Waals surface area contributed by atoms with Crippen LogP contribution in [0, 0.1) is 0 Å². The molecule has 8 heteroatoms. The third kappa shape index (κ3) is 2.69. The van der Waals surface area contributed by atoms with E-state index in [1.165, 1.54) is 18.3 Å². The van der Waals surface area contributed by atoms with Crippen molar-refractivity contribution in [1.29, 1.82) is 0 Å². The van der Waals surface area contributed by atoms with Gasteiger partial charge in [-0.3, -0.25) is 0 Å². The van der Waals surface area contributed by atoms with Crippen molar-refractivity contribution in [3.05, 3.63) is 54.2 Å². The van der Waals surface area contributed by atoms with Crippen LogP contribution in [-0.2, 0) is 0 Å². The summed E-state index contributed by atoms with van der Waals surface area (Å²) in [5.74, 6) is -0.681. The molecule has 0 bridgehead atoms. The quantitative estimate of drug-likeness (QED) is 0.328. The second-order valence-corrected chi connectivity index (χ2v) is 5.68. The third-order valence-electron chi connectivity index (χ3n) is 3.92. The van der Waals surface area contributed by atoms with Crippen molar-refractivity contribution in [2.75, 3.05) is 11.1 Å². The van der Waals surface area contributed by atoms with Crippen LogP contribution in [0.1, 0.15) is 10.4 Å². The highest BCUT2D eigenvalue weighted by Crippen LogP contribution is 2.31. The van der Waals surface area contributed by atoms with Gasteiger partial charge in [0.1, 0.15) is 5.52 Å². The van der Waals surface area contributed by atoms with E-state index in [4.69, 9.17) is 5.73 Å². The van der Waals surface area contributed by atoms with Gasteiger partial charge in [-0.05, 0) is 30.3 Å². The van der Waals surface area contributed by atoms with Crippen molar-refractivity contribution in [2.45, 2.75) is 0 Å². The predicted molar refractivity (Wildman–Crippen MR) is 97.6 cm³/mol. The fourth-order valence-corrected chi connectivity index (χ4v) is 2.75. The van der Waals surface area contributed by atoms with Gasteiger partial charge in [0.25, 0.3) is 0 Å². The second-order valence-electron chi connectivity index (χ2n) is 5.68. The normalized spacial score (nSPS) is 10.9. The van der Waals surface area contributed by atoms with Gasteiger partial charge in [-0.15, -0.1) is 0 Å². The van der Waals surface area contributed by atoms with Crippen LogP contribution in [-0.4, -0.2) is 31.1 Å². The van der Waals surface area contributed by atoms with E-state index in [-0.39, 0.29) is 11.6 Å². The zero-order valence-electron chi connectivity index (χ0n) is 13.3. The van der Waals surface area contributed by atoms with Crippen LogP contribution in [0.2, 0.25) is 0 Å². The van der Waals surface area contributed by atoms with Crippen molar-refractivity contribution >= 4 is 45.0 Å². The number of rotatable bonds is 3. The molecule has 8 nitrogen and oxygen atoms in total. The molecule has 0 spiro atoms. The molecule has 5 N–H and O–H groups in total. The van der Waals surface area contributed by atoms with Crippen molar-refractivity contribution in [3.63, 3.8) is 0 Å². The number of nitrogens with one attached hydrogen (secondary N) is 1. The molecule has 26 heavy (non-hydrogen) atoms. The maximum Gasteiger partial charge on any atom is 0.335 e. The largest absolute Gasteiger partial charge is 0.479 e. The molecule has 128 valence electrons. The Morgan fingerprint density at radius 3 is 2.69 bits per heavy atom. The minimum Gasteiger partial charge on any atom is -0.479 e. The van der Waals surface area contributed by atoms with Crippen molar-refractivity contribution < 1.29 is 15.0 Å². The Balaban J connectivity index is 1.98. The number of fused-ring (bicyclic) bond motifs is 3. The molecule has 0 aliphatic rings. The third-order valence-corrected chi connectivity index (χ3v) is 3.92. The lowest BCUT2D eigenvalue weighted by molar-refractivity contribution is 0.0697. The number of pyridine rings is 1. The molecule has 0 atom stereocenters. The number of nitrogen functional groups attached to an aromatic ring is 1. The predicted octanol–water partition coefficient (Wildman–Crippen LogP) is 2.91. The molecule has 0 saturated carbocycles. The van der Waals surface area contributed by atoms with Crippen LogP contribution in [0.25, 0.3) is 21.8 Å². The first kappa shape index (κ1) is 15.6. The number of anilines is 3. The van der Waals surface area contributed by atoms with E-state index in [1.807, 2.05) is 6.07 Å². The van der Waals surface area contributed by atoms with E-state index < -0.39 is 5.97 Å². The number of carboxylic acids is 1. The van der Waals surface area contributed by atoms with E-state index >= 15 is 0 Å². The fourth-order valence-electron chi connectivity index (χ4n) is 2.75. The number of benzene rings is 2. The molecule has 2 aromatic carbocycles. The molecule has 0 aliphatic heterocycles. The lowest BCUT2D eigenvalue weighted by atomic mass is 10.1. The number of aromatic nitrogens is 3. The average Bonchev–Trinajstić information content (AvgIpc) is 2.61. The Labute approximate surface area is 147 Å². The van der Waals surface area contributed by atoms with Crippen LogP contribution >= 0.6 is 0 Å². The first-order valence-electron chi connectivity index (χ1n) is 7.66. The number of carboxylic acid groups (broad SMARTS) is 1. The zero-order valence-corrected chi connectivity index (χ0v) is 13.3. The molecule has 4 rings (SSSR count). The molecule has 2 aromatic heterocycles. The minimum atomic E-state index is -1.04. The summed E-state index contributed by atoms with van der Waals surface area (Å²) < 4.78 is 0. The SMILES string of the molecule is Nc1cccc(Nc2nc3cc(C(=O)O)ccc3c3cnc(O)nc23)c1. The lowest BCUT2D eigenvalue weighted by Gasteiger charge is -2.11. The summed E-state index contributed by atoms with van der Waals surface area (Å²) in [6.45, 7) is 0. The molecule has 0 saturated heterocycles. The second kappa shape index (κ2) is 5.85.